The number of piperidine rings is 1. The predicted molar refractivity (Wildman–Crippen MR) is 73.1 cm³/mol. The van der Waals surface area contributed by atoms with Gasteiger partial charge in [0, 0.05) is 17.0 Å². The van der Waals surface area contributed by atoms with Crippen LogP contribution >= 0.6 is 0 Å². The molecule has 3 N–H and O–H groups in total. The maximum atomic E-state index is 10.3. The number of aliphatic hydroxyl groups is 1. The summed E-state index contributed by atoms with van der Waals surface area (Å²) in [6, 6.07) is 4.19. The molecule has 4 heteroatoms. The second-order valence-corrected chi connectivity index (χ2v) is 6.47. The van der Waals surface area contributed by atoms with Crippen molar-refractivity contribution < 1.29 is 14.9 Å². The van der Waals surface area contributed by atoms with E-state index in [4.69, 9.17) is 4.74 Å². The molecular weight excluding hydrogens is 254 g/mol. The summed E-state index contributed by atoms with van der Waals surface area (Å²) in [4.78, 5) is 0. The van der Waals surface area contributed by atoms with E-state index in [1.807, 2.05) is 12.1 Å². The zero-order valence-electron chi connectivity index (χ0n) is 11.1. The number of rotatable bonds is 0. The molecule has 2 bridgehead atoms. The molecule has 0 amide bonds. The number of phenols is 1. The summed E-state index contributed by atoms with van der Waals surface area (Å²) in [6.07, 6.45) is 4.42. The van der Waals surface area contributed by atoms with Gasteiger partial charge in [-0.3, -0.25) is 0 Å². The standard InChI is InChI=1S/C16H17NO3/c18-11-3-1-8-7-10-9-2-4-12(19)15-16(9,5-6-17-10)13(8)14(11)20-15/h1,3-4,9-10,15,17-19H,2,5-7H2/t9?,10?,15-,16+/m0/s1. The third-order valence-electron chi connectivity index (χ3n) is 5.77. The van der Waals surface area contributed by atoms with Crippen molar-refractivity contribution in [2.75, 3.05) is 6.54 Å². The van der Waals surface area contributed by atoms with Crippen molar-refractivity contribution in [2.45, 2.75) is 36.8 Å². The van der Waals surface area contributed by atoms with Crippen LogP contribution in [-0.4, -0.2) is 28.9 Å². The van der Waals surface area contributed by atoms with Gasteiger partial charge in [-0.2, -0.15) is 0 Å². The van der Waals surface area contributed by atoms with E-state index in [1.165, 1.54) is 11.1 Å². The molecule has 2 aliphatic heterocycles. The molecule has 2 aliphatic carbocycles. The normalized spacial score (nSPS) is 39.8. The third-order valence-corrected chi connectivity index (χ3v) is 5.77. The van der Waals surface area contributed by atoms with E-state index >= 15 is 0 Å². The highest BCUT2D eigenvalue weighted by atomic mass is 16.5. The molecule has 4 atom stereocenters. The minimum atomic E-state index is -0.312. The molecule has 1 aromatic rings. The molecule has 0 aromatic heterocycles. The quantitative estimate of drug-likeness (QED) is 0.673. The first-order valence-corrected chi connectivity index (χ1v) is 7.36. The summed E-state index contributed by atoms with van der Waals surface area (Å²) >= 11 is 0. The van der Waals surface area contributed by atoms with Crippen LogP contribution in [0, 0.1) is 5.92 Å². The molecule has 2 heterocycles. The lowest BCUT2D eigenvalue weighted by Crippen LogP contribution is -2.63. The summed E-state index contributed by atoms with van der Waals surface area (Å²) in [5.74, 6) is 1.61. The highest BCUT2D eigenvalue weighted by molar-refractivity contribution is 5.61. The molecule has 0 saturated carbocycles. The van der Waals surface area contributed by atoms with Crippen LogP contribution in [0.2, 0.25) is 0 Å². The molecule has 1 aromatic carbocycles. The lowest BCUT2D eigenvalue weighted by atomic mass is 9.53. The molecule has 5 rings (SSSR count). The number of hydrogen-bond donors (Lipinski definition) is 3. The summed E-state index contributed by atoms with van der Waals surface area (Å²) in [6.45, 7) is 0.947. The van der Waals surface area contributed by atoms with Gasteiger partial charge in [0.05, 0.1) is 0 Å². The summed E-state index contributed by atoms with van der Waals surface area (Å²) in [5.41, 5.74) is 2.30. The van der Waals surface area contributed by atoms with Crippen LogP contribution in [0.25, 0.3) is 0 Å². The van der Waals surface area contributed by atoms with Crippen LogP contribution in [0.1, 0.15) is 24.0 Å². The molecule has 0 radical (unpaired) electrons. The highest BCUT2D eigenvalue weighted by Crippen LogP contribution is 2.62. The Labute approximate surface area is 117 Å². The smallest absolute Gasteiger partial charge is 0.166 e. The van der Waals surface area contributed by atoms with Crippen LogP contribution in [-0.2, 0) is 11.8 Å². The molecular formula is C16H17NO3. The predicted octanol–water partition coefficient (Wildman–Crippen LogP) is 1.77. The van der Waals surface area contributed by atoms with E-state index in [9.17, 15) is 10.2 Å². The number of phenolic OH excluding ortho intramolecular Hbond substituents is 1. The number of hydrogen-bond acceptors (Lipinski definition) is 4. The Balaban J connectivity index is 1.87. The molecule has 20 heavy (non-hydrogen) atoms. The van der Waals surface area contributed by atoms with E-state index in [-0.39, 0.29) is 17.3 Å². The van der Waals surface area contributed by atoms with Gasteiger partial charge >= 0.3 is 0 Å². The third kappa shape index (κ3) is 1.02. The van der Waals surface area contributed by atoms with Gasteiger partial charge in [-0.15, -0.1) is 0 Å². The molecule has 1 spiro atoms. The van der Waals surface area contributed by atoms with Crippen molar-refractivity contribution in [1.82, 2.24) is 5.32 Å². The fourth-order valence-corrected chi connectivity index (χ4v) is 5.06. The molecule has 4 nitrogen and oxygen atoms in total. The number of nitrogens with one attached hydrogen (secondary N) is 1. The van der Waals surface area contributed by atoms with Crippen molar-refractivity contribution in [3.8, 4) is 11.5 Å². The fraction of sp³-hybridized carbons (Fsp3) is 0.500. The van der Waals surface area contributed by atoms with Gasteiger partial charge < -0.3 is 20.3 Å². The first-order valence-electron chi connectivity index (χ1n) is 7.36. The maximum Gasteiger partial charge on any atom is 0.166 e. The zero-order chi connectivity index (χ0) is 13.5. The second kappa shape index (κ2) is 3.31. The Kier molecular flexibility index (Phi) is 1.83. The number of ether oxygens (including phenoxy) is 1. The van der Waals surface area contributed by atoms with Gasteiger partial charge in [0.15, 0.2) is 17.6 Å². The van der Waals surface area contributed by atoms with Gasteiger partial charge in [-0.25, -0.2) is 0 Å². The summed E-state index contributed by atoms with van der Waals surface area (Å²) < 4.78 is 6.03. The van der Waals surface area contributed by atoms with Gasteiger partial charge in [0.1, 0.15) is 5.76 Å². The Hall–Kier alpha value is -1.68. The average molecular weight is 271 g/mol. The van der Waals surface area contributed by atoms with Crippen molar-refractivity contribution >= 4 is 0 Å². The van der Waals surface area contributed by atoms with E-state index in [2.05, 4.69) is 5.32 Å². The van der Waals surface area contributed by atoms with Crippen molar-refractivity contribution in [3.63, 3.8) is 0 Å². The van der Waals surface area contributed by atoms with Crippen LogP contribution in [0.4, 0.5) is 0 Å². The van der Waals surface area contributed by atoms with E-state index in [1.54, 1.807) is 6.07 Å². The number of aromatic hydroxyl groups is 1. The highest BCUT2D eigenvalue weighted by Gasteiger charge is 2.63. The van der Waals surface area contributed by atoms with Gasteiger partial charge in [-0.1, -0.05) is 6.07 Å². The summed E-state index contributed by atoms with van der Waals surface area (Å²) in [7, 11) is 0. The van der Waals surface area contributed by atoms with E-state index in [0.29, 0.717) is 23.5 Å². The van der Waals surface area contributed by atoms with Gasteiger partial charge in [0.25, 0.3) is 0 Å². The van der Waals surface area contributed by atoms with Gasteiger partial charge in [-0.05, 0) is 49.4 Å². The number of allylic oxidation sites excluding steroid dienone is 1. The average Bonchev–Trinajstić information content (AvgIpc) is 2.78. The first-order chi connectivity index (χ1) is 9.72. The largest absolute Gasteiger partial charge is 0.509 e. The van der Waals surface area contributed by atoms with E-state index in [0.717, 1.165) is 25.8 Å². The second-order valence-electron chi connectivity index (χ2n) is 6.47. The van der Waals surface area contributed by atoms with E-state index < -0.39 is 0 Å². The van der Waals surface area contributed by atoms with Crippen molar-refractivity contribution in [1.29, 1.82) is 0 Å². The SMILES string of the molecule is OC1=CCC2C3Cc4ccc(O)c5c4[C@]2(CCN3)[C@H]1O5. The zero-order valence-corrected chi connectivity index (χ0v) is 11.1. The first kappa shape index (κ1) is 11.0. The Morgan fingerprint density at radius 2 is 2.20 bits per heavy atom. The van der Waals surface area contributed by atoms with Crippen LogP contribution in [0.5, 0.6) is 11.5 Å². The van der Waals surface area contributed by atoms with Crippen molar-refractivity contribution in [3.05, 3.63) is 35.1 Å². The topological polar surface area (TPSA) is 61.7 Å². The van der Waals surface area contributed by atoms with Gasteiger partial charge in [0.2, 0.25) is 0 Å². The van der Waals surface area contributed by atoms with Crippen LogP contribution < -0.4 is 10.1 Å². The Morgan fingerprint density at radius 1 is 1.30 bits per heavy atom. The number of aliphatic hydroxyl groups excluding tert-OH is 1. The molecule has 1 fully saturated rings. The maximum absolute atomic E-state index is 10.3. The Bertz CT molecular complexity index is 653. The lowest BCUT2D eigenvalue weighted by molar-refractivity contribution is 0.0264. The fourth-order valence-electron chi connectivity index (χ4n) is 5.06. The molecule has 104 valence electrons. The van der Waals surface area contributed by atoms with Crippen LogP contribution in [0.15, 0.2) is 24.0 Å². The molecule has 4 aliphatic rings. The number of benzene rings is 1. The lowest BCUT2D eigenvalue weighted by Gasteiger charge is -2.53. The van der Waals surface area contributed by atoms with Crippen molar-refractivity contribution in [2.24, 2.45) is 5.92 Å². The molecule has 1 saturated heterocycles. The minimum Gasteiger partial charge on any atom is -0.509 e. The summed E-state index contributed by atoms with van der Waals surface area (Å²) in [5, 5.41) is 24.1. The van der Waals surface area contributed by atoms with Crippen LogP contribution in [0.3, 0.4) is 0 Å². The monoisotopic (exact) mass is 271 g/mol. The Morgan fingerprint density at radius 3 is 3.10 bits per heavy atom. The minimum absolute atomic E-state index is 0.142. The molecule has 2 unspecified atom stereocenters.